The summed E-state index contributed by atoms with van der Waals surface area (Å²) in [6.45, 7) is 7.79. The van der Waals surface area contributed by atoms with Crippen LogP contribution in [-0.2, 0) is 15.4 Å². The smallest absolute Gasteiger partial charge is 0.262 e. The van der Waals surface area contributed by atoms with Crippen LogP contribution < -0.4 is 10.5 Å². The highest BCUT2D eigenvalue weighted by atomic mass is 32.2. The van der Waals surface area contributed by atoms with Crippen molar-refractivity contribution < 1.29 is 13.2 Å². The first-order chi connectivity index (χ1) is 11.0. The van der Waals surface area contributed by atoms with Crippen LogP contribution in [-0.4, -0.2) is 14.3 Å². The van der Waals surface area contributed by atoms with Gasteiger partial charge in [-0.2, -0.15) is 0 Å². The molecule has 6 heteroatoms. The number of aryl methyl sites for hydroxylation is 1. The Labute approximate surface area is 142 Å². The minimum absolute atomic E-state index is 0.130. The van der Waals surface area contributed by atoms with Crippen molar-refractivity contribution in [2.75, 3.05) is 4.72 Å². The van der Waals surface area contributed by atoms with Gasteiger partial charge in [0.25, 0.3) is 15.9 Å². The van der Waals surface area contributed by atoms with E-state index < -0.39 is 15.9 Å². The predicted molar refractivity (Wildman–Crippen MR) is 95.6 cm³/mol. The van der Waals surface area contributed by atoms with Crippen molar-refractivity contribution in [2.45, 2.75) is 38.0 Å². The molecule has 2 rings (SSSR count). The minimum atomic E-state index is -3.84. The molecule has 0 heterocycles. The van der Waals surface area contributed by atoms with Gasteiger partial charge in [-0.3, -0.25) is 9.52 Å². The van der Waals surface area contributed by atoms with Crippen LogP contribution in [0.1, 0.15) is 42.3 Å². The lowest BCUT2D eigenvalue weighted by molar-refractivity contribution is 0.100. The molecule has 0 spiro atoms. The molecule has 0 aromatic heterocycles. The number of carbonyl (C=O) groups excluding carboxylic acids is 1. The van der Waals surface area contributed by atoms with Gasteiger partial charge < -0.3 is 5.73 Å². The van der Waals surface area contributed by atoms with E-state index in [1.54, 1.807) is 31.2 Å². The number of rotatable bonds is 4. The normalized spacial score (nSPS) is 12.0. The maximum absolute atomic E-state index is 12.8. The third-order valence-electron chi connectivity index (χ3n) is 3.78. The summed E-state index contributed by atoms with van der Waals surface area (Å²) in [4.78, 5) is 11.7. The number of hydrogen-bond donors (Lipinski definition) is 2. The summed E-state index contributed by atoms with van der Waals surface area (Å²) >= 11 is 0. The van der Waals surface area contributed by atoms with E-state index >= 15 is 0 Å². The SMILES string of the molecule is Cc1ccc(C(C)(C)C)cc1S(=O)(=O)Nc1ccccc1C(N)=O. The molecule has 0 aliphatic carbocycles. The van der Waals surface area contributed by atoms with E-state index in [4.69, 9.17) is 5.73 Å². The Hall–Kier alpha value is -2.34. The van der Waals surface area contributed by atoms with E-state index in [0.29, 0.717) is 5.56 Å². The quantitative estimate of drug-likeness (QED) is 0.891. The summed E-state index contributed by atoms with van der Waals surface area (Å²) in [6.07, 6.45) is 0. The molecule has 0 saturated heterocycles. The Morgan fingerprint density at radius 3 is 2.29 bits per heavy atom. The average Bonchev–Trinajstić information content (AvgIpc) is 2.46. The van der Waals surface area contributed by atoms with Crippen LogP contribution in [0.4, 0.5) is 5.69 Å². The molecule has 0 fully saturated rings. The standard InChI is InChI=1S/C18H22N2O3S/c1-12-9-10-13(18(2,3)4)11-16(12)24(22,23)20-15-8-6-5-7-14(15)17(19)21/h5-11,20H,1-4H3,(H2,19,21). The Bertz CT molecular complexity index is 881. The lowest BCUT2D eigenvalue weighted by Gasteiger charge is -2.21. The molecule has 0 atom stereocenters. The minimum Gasteiger partial charge on any atom is -0.366 e. The monoisotopic (exact) mass is 346 g/mol. The van der Waals surface area contributed by atoms with Crippen molar-refractivity contribution in [3.8, 4) is 0 Å². The molecule has 0 aliphatic rings. The summed E-state index contributed by atoms with van der Waals surface area (Å²) in [7, 11) is -3.84. The molecule has 0 radical (unpaired) electrons. The van der Waals surface area contributed by atoms with Crippen molar-refractivity contribution >= 4 is 21.6 Å². The zero-order valence-electron chi connectivity index (χ0n) is 14.3. The fraction of sp³-hybridized carbons (Fsp3) is 0.278. The zero-order chi connectivity index (χ0) is 18.1. The lowest BCUT2D eigenvalue weighted by atomic mass is 9.87. The van der Waals surface area contributed by atoms with E-state index in [0.717, 1.165) is 5.56 Å². The van der Waals surface area contributed by atoms with Gasteiger partial charge in [0.15, 0.2) is 0 Å². The van der Waals surface area contributed by atoms with Crippen LogP contribution >= 0.6 is 0 Å². The maximum Gasteiger partial charge on any atom is 0.262 e. The van der Waals surface area contributed by atoms with Gasteiger partial charge in [-0.1, -0.05) is 45.0 Å². The third kappa shape index (κ3) is 3.76. The molecule has 5 nitrogen and oxygen atoms in total. The second kappa shape index (κ2) is 6.28. The van der Waals surface area contributed by atoms with E-state index in [1.807, 2.05) is 26.8 Å². The van der Waals surface area contributed by atoms with Gasteiger partial charge in [0, 0.05) is 0 Å². The zero-order valence-corrected chi connectivity index (χ0v) is 15.1. The van der Waals surface area contributed by atoms with Crippen LogP contribution in [0.2, 0.25) is 0 Å². The number of nitrogens with one attached hydrogen (secondary N) is 1. The molecule has 24 heavy (non-hydrogen) atoms. The van der Waals surface area contributed by atoms with Crippen LogP contribution in [0, 0.1) is 6.92 Å². The molecule has 0 saturated carbocycles. The molecular formula is C18H22N2O3S. The summed E-state index contributed by atoms with van der Waals surface area (Å²) < 4.78 is 28.1. The number of primary amides is 1. The van der Waals surface area contributed by atoms with E-state index in [9.17, 15) is 13.2 Å². The Morgan fingerprint density at radius 2 is 1.71 bits per heavy atom. The van der Waals surface area contributed by atoms with E-state index in [1.165, 1.54) is 12.1 Å². The van der Waals surface area contributed by atoms with Gasteiger partial charge in [-0.05, 0) is 41.7 Å². The third-order valence-corrected chi connectivity index (χ3v) is 5.29. The van der Waals surface area contributed by atoms with E-state index in [2.05, 4.69) is 4.72 Å². The van der Waals surface area contributed by atoms with Crippen LogP contribution in [0.5, 0.6) is 0 Å². The number of sulfonamides is 1. The maximum atomic E-state index is 12.8. The summed E-state index contributed by atoms with van der Waals surface area (Å²) in [5, 5.41) is 0. The number of hydrogen-bond acceptors (Lipinski definition) is 3. The fourth-order valence-corrected chi connectivity index (χ4v) is 3.69. The lowest BCUT2D eigenvalue weighted by Crippen LogP contribution is -2.20. The Morgan fingerprint density at radius 1 is 1.08 bits per heavy atom. The number of para-hydroxylation sites is 1. The number of carbonyl (C=O) groups is 1. The molecule has 2 aromatic carbocycles. The van der Waals surface area contributed by atoms with Crippen LogP contribution in [0.3, 0.4) is 0 Å². The second-order valence-corrected chi connectivity index (χ2v) is 8.40. The molecule has 128 valence electrons. The highest BCUT2D eigenvalue weighted by molar-refractivity contribution is 7.92. The van der Waals surface area contributed by atoms with Crippen LogP contribution in [0.15, 0.2) is 47.4 Å². The molecular weight excluding hydrogens is 324 g/mol. The highest BCUT2D eigenvalue weighted by Crippen LogP contribution is 2.28. The summed E-state index contributed by atoms with van der Waals surface area (Å²) in [5.74, 6) is -0.687. The van der Waals surface area contributed by atoms with Gasteiger partial charge in [-0.15, -0.1) is 0 Å². The van der Waals surface area contributed by atoms with Gasteiger partial charge in [0.05, 0.1) is 16.1 Å². The first-order valence-corrected chi connectivity index (χ1v) is 9.03. The van der Waals surface area contributed by atoms with Crippen LogP contribution in [0.25, 0.3) is 0 Å². The molecule has 0 unspecified atom stereocenters. The van der Waals surface area contributed by atoms with Gasteiger partial charge in [0.1, 0.15) is 0 Å². The number of benzene rings is 2. The van der Waals surface area contributed by atoms with Crippen molar-refractivity contribution in [3.05, 3.63) is 59.2 Å². The predicted octanol–water partition coefficient (Wildman–Crippen LogP) is 3.19. The number of nitrogens with two attached hydrogens (primary N) is 1. The Balaban J connectivity index is 2.51. The molecule has 1 amide bonds. The van der Waals surface area contributed by atoms with Gasteiger partial charge in [-0.25, -0.2) is 8.42 Å². The molecule has 2 aromatic rings. The topological polar surface area (TPSA) is 89.3 Å². The molecule has 3 N–H and O–H groups in total. The number of amides is 1. The number of anilines is 1. The first-order valence-electron chi connectivity index (χ1n) is 7.55. The summed E-state index contributed by atoms with van der Waals surface area (Å²) in [6, 6.07) is 11.6. The second-order valence-electron chi connectivity index (χ2n) is 6.75. The van der Waals surface area contributed by atoms with E-state index in [-0.39, 0.29) is 21.6 Å². The highest BCUT2D eigenvalue weighted by Gasteiger charge is 2.22. The molecule has 0 bridgehead atoms. The van der Waals surface area contributed by atoms with Crippen molar-refractivity contribution in [3.63, 3.8) is 0 Å². The largest absolute Gasteiger partial charge is 0.366 e. The Kier molecular flexibility index (Phi) is 4.71. The van der Waals surface area contributed by atoms with Gasteiger partial charge >= 0.3 is 0 Å². The van der Waals surface area contributed by atoms with Crippen molar-refractivity contribution in [1.29, 1.82) is 0 Å². The molecule has 0 aliphatic heterocycles. The van der Waals surface area contributed by atoms with Gasteiger partial charge in [0.2, 0.25) is 0 Å². The average molecular weight is 346 g/mol. The van der Waals surface area contributed by atoms with Crippen molar-refractivity contribution in [1.82, 2.24) is 0 Å². The summed E-state index contributed by atoms with van der Waals surface area (Å²) in [5.41, 5.74) is 6.98. The van der Waals surface area contributed by atoms with Crippen molar-refractivity contribution in [2.24, 2.45) is 5.73 Å². The first kappa shape index (κ1) is 18.0. The fourth-order valence-electron chi connectivity index (χ4n) is 2.34.